The number of carbonyl (C=O) groups excluding carboxylic acids is 2. The number of rotatable bonds is 6. The quantitative estimate of drug-likeness (QED) is 0.671. The Balaban J connectivity index is 4.22. The van der Waals surface area contributed by atoms with Gasteiger partial charge in [-0.15, -0.1) is 0 Å². The first-order valence-electron chi connectivity index (χ1n) is 5.71. The Labute approximate surface area is 97.4 Å². The van der Waals surface area contributed by atoms with E-state index in [0.29, 0.717) is 6.54 Å². The molecule has 0 rings (SSSR count). The molecule has 0 radical (unpaired) electrons. The number of likely N-dealkylation sites (N-methyl/N-ethyl adjacent to an activating group) is 2. The average molecular weight is 229 g/mol. The van der Waals surface area contributed by atoms with E-state index in [2.05, 4.69) is 5.32 Å². The molecule has 0 saturated carbocycles. The monoisotopic (exact) mass is 229 g/mol. The molecule has 0 fully saturated rings. The summed E-state index contributed by atoms with van der Waals surface area (Å²) in [5.74, 6) is -0.209. The van der Waals surface area contributed by atoms with Crippen molar-refractivity contribution in [1.82, 2.24) is 10.2 Å². The van der Waals surface area contributed by atoms with Gasteiger partial charge in [0.05, 0.1) is 12.6 Å². The minimum absolute atomic E-state index is 0.0663. The Morgan fingerprint density at radius 1 is 1.38 bits per heavy atom. The standard InChI is InChI=1S/C11H23N3O2/c1-5-8(3)10(12)11(16)14(4)7-9(15)13-6-2/h8,10H,5-7,12H2,1-4H3,(H,13,15). The summed E-state index contributed by atoms with van der Waals surface area (Å²) >= 11 is 0. The summed E-state index contributed by atoms with van der Waals surface area (Å²) in [5, 5.41) is 2.64. The van der Waals surface area contributed by atoms with Gasteiger partial charge in [-0.05, 0) is 12.8 Å². The summed E-state index contributed by atoms with van der Waals surface area (Å²) in [5.41, 5.74) is 5.80. The second kappa shape index (κ2) is 7.22. The lowest BCUT2D eigenvalue weighted by molar-refractivity contribution is -0.136. The van der Waals surface area contributed by atoms with E-state index in [4.69, 9.17) is 5.73 Å². The van der Waals surface area contributed by atoms with E-state index in [0.717, 1.165) is 6.42 Å². The highest BCUT2D eigenvalue weighted by Gasteiger charge is 2.23. The third-order valence-corrected chi connectivity index (χ3v) is 2.67. The Hall–Kier alpha value is -1.10. The maximum absolute atomic E-state index is 11.8. The molecule has 0 spiro atoms. The van der Waals surface area contributed by atoms with Crippen molar-refractivity contribution in [1.29, 1.82) is 0 Å². The molecule has 0 aromatic rings. The van der Waals surface area contributed by atoms with Gasteiger partial charge in [-0.1, -0.05) is 20.3 Å². The van der Waals surface area contributed by atoms with Crippen molar-refractivity contribution in [2.75, 3.05) is 20.1 Å². The van der Waals surface area contributed by atoms with Crippen molar-refractivity contribution in [3.05, 3.63) is 0 Å². The van der Waals surface area contributed by atoms with Gasteiger partial charge in [0.15, 0.2) is 0 Å². The third kappa shape index (κ3) is 4.61. The molecule has 0 aliphatic carbocycles. The molecule has 0 heterocycles. The zero-order chi connectivity index (χ0) is 12.7. The van der Waals surface area contributed by atoms with Crippen molar-refractivity contribution in [2.24, 2.45) is 11.7 Å². The predicted octanol–water partition coefficient (Wildman–Crippen LogP) is -0.0457. The molecule has 3 N–H and O–H groups in total. The van der Waals surface area contributed by atoms with Gasteiger partial charge in [-0.2, -0.15) is 0 Å². The van der Waals surface area contributed by atoms with E-state index >= 15 is 0 Å². The van der Waals surface area contributed by atoms with Gasteiger partial charge in [-0.3, -0.25) is 9.59 Å². The smallest absolute Gasteiger partial charge is 0.239 e. The summed E-state index contributed by atoms with van der Waals surface area (Å²) in [6.45, 7) is 6.39. The van der Waals surface area contributed by atoms with Crippen LogP contribution in [0.4, 0.5) is 0 Å². The topological polar surface area (TPSA) is 75.4 Å². The molecule has 0 aromatic heterocycles. The van der Waals surface area contributed by atoms with Crippen LogP contribution < -0.4 is 11.1 Å². The van der Waals surface area contributed by atoms with Crippen molar-refractivity contribution in [3.63, 3.8) is 0 Å². The Morgan fingerprint density at radius 2 is 1.94 bits per heavy atom. The number of nitrogens with one attached hydrogen (secondary N) is 1. The van der Waals surface area contributed by atoms with Crippen molar-refractivity contribution in [3.8, 4) is 0 Å². The first-order valence-corrected chi connectivity index (χ1v) is 5.71. The van der Waals surface area contributed by atoms with E-state index < -0.39 is 6.04 Å². The van der Waals surface area contributed by atoms with Crippen LogP contribution in [0.15, 0.2) is 0 Å². The van der Waals surface area contributed by atoms with Crippen LogP contribution in [0.1, 0.15) is 27.2 Å². The predicted molar refractivity (Wildman–Crippen MR) is 63.8 cm³/mol. The number of nitrogens with zero attached hydrogens (tertiary/aromatic N) is 1. The number of nitrogens with two attached hydrogens (primary N) is 1. The fraction of sp³-hybridized carbons (Fsp3) is 0.818. The van der Waals surface area contributed by atoms with Gasteiger partial charge in [-0.25, -0.2) is 0 Å². The highest BCUT2D eigenvalue weighted by molar-refractivity contribution is 5.87. The van der Waals surface area contributed by atoms with Crippen LogP contribution in [0.25, 0.3) is 0 Å². The molecular weight excluding hydrogens is 206 g/mol. The maximum atomic E-state index is 11.8. The van der Waals surface area contributed by atoms with E-state index in [-0.39, 0.29) is 24.3 Å². The minimum Gasteiger partial charge on any atom is -0.355 e. The zero-order valence-corrected chi connectivity index (χ0v) is 10.6. The number of amides is 2. The molecule has 5 nitrogen and oxygen atoms in total. The second-order valence-electron chi connectivity index (χ2n) is 4.06. The Morgan fingerprint density at radius 3 is 2.38 bits per heavy atom. The summed E-state index contributed by atoms with van der Waals surface area (Å²) in [4.78, 5) is 24.5. The molecule has 2 amide bonds. The van der Waals surface area contributed by atoms with Crippen LogP contribution in [0.5, 0.6) is 0 Å². The van der Waals surface area contributed by atoms with E-state index in [1.165, 1.54) is 4.90 Å². The molecule has 0 saturated heterocycles. The van der Waals surface area contributed by atoms with Crippen molar-refractivity contribution in [2.45, 2.75) is 33.2 Å². The van der Waals surface area contributed by atoms with Gasteiger partial charge in [0.1, 0.15) is 0 Å². The number of hydrogen-bond donors (Lipinski definition) is 2. The molecule has 16 heavy (non-hydrogen) atoms. The maximum Gasteiger partial charge on any atom is 0.239 e. The average Bonchev–Trinajstić information content (AvgIpc) is 2.26. The van der Waals surface area contributed by atoms with E-state index in [9.17, 15) is 9.59 Å². The zero-order valence-electron chi connectivity index (χ0n) is 10.6. The summed E-state index contributed by atoms with van der Waals surface area (Å²) < 4.78 is 0. The van der Waals surface area contributed by atoms with Crippen LogP contribution in [-0.2, 0) is 9.59 Å². The van der Waals surface area contributed by atoms with Crippen LogP contribution in [-0.4, -0.2) is 42.9 Å². The number of carbonyl (C=O) groups is 2. The van der Waals surface area contributed by atoms with Gasteiger partial charge in [0, 0.05) is 13.6 Å². The summed E-state index contributed by atoms with van der Waals surface area (Å²) in [6.07, 6.45) is 0.849. The van der Waals surface area contributed by atoms with Crippen molar-refractivity contribution >= 4 is 11.8 Å². The SMILES string of the molecule is CCNC(=O)CN(C)C(=O)C(N)C(C)CC. The molecular formula is C11H23N3O2. The first-order chi connectivity index (χ1) is 7.43. The molecule has 0 aliphatic heterocycles. The largest absolute Gasteiger partial charge is 0.355 e. The third-order valence-electron chi connectivity index (χ3n) is 2.67. The highest BCUT2D eigenvalue weighted by atomic mass is 16.2. The summed E-state index contributed by atoms with van der Waals surface area (Å²) in [6, 6.07) is -0.524. The Bertz CT molecular complexity index is 243. The fourth-order valence-electron chi connectivity index (χ4n) is 1.30. The van der Waals surface area contributed by atoms with Gasteiger partial charge >= 0.3 is 0 Å². The molecule has 0 aliphatic rings. The van der Waals surface area contributed by atoms with Crippen LogP contribution >= 0.6 is 0 Å². The lowest BCUT2D eigenvalue weighted by Gasteiger charge is -2.24. The van der Waals surface area contributed by atoms with Crippen LogP contribution in [0.2, 0.25) is 0 Å². The first kappa shape index (κ1) is 14.9. The molecule has 94 valence electrons. The molecule has 0 bridgehead atoms. The molecule has 2 unspecified atom stereocenters. The molecule has 0 aromatic carbocycles. The lowest BCUT2D eigenvalue weighted by Crippen LogP contribution is -2.48. The van der Waals surface area contributed by atoms with E-state index in [1.54, 1.807) is 7.05 Å². The minimum atomic E-state index is -0.524. The Kier molecular flexibility index (Phi) is 6.72. The molecule has 5 heteroatoms. The number of hydrogen-bond acceptors (Lipinski definition) is 3. The fourth-order valence-corrected chi connectivity index (χ4v) is 1.30. The van der Waals surface area contributed by atoms with Gasteiger partial charge < -0.3 is 16.0 Å². The molecule has 2 atom stereocenters. The normalized spacial score (nSPS) is 14.1. The van der Waals surface area contributed by atoms with Gasteiger partial charge in [0.25, 0.3) is 0 Å². The van der Waals surface area contributed by atoms with Crippen LogP contribution in [0.3, 0.4) is 0 Å². The van der Waals surface area contributed by atoms with Crippen LogP contribution in [0, 0.1) is 5.92 Å². The highest BCUT2D eigenvalue weighted by Crippen LogP contribution is 2.07. The van der Waals surface area contributed by atoms with Crippen molar-refractivity contribution < 1.29 is 9.59 Å². The van der Waals surface area contributed by atoms with Gasteiger partial charge in [0.2, 0.25) is 11.8 Å². The second-order valence-corrected chi connectivity index (χ2v) is 4.06. The van der Waals surface area contributed by atoms with E-state index in [1.807, 2.05) is 20.8 Å². The lowest BCUT2D eigenvalue weighted by atomic mass is 9.99. The summed E-state index contributed by atoms with van der Waals surface area (Å²) in [7, 11) is 1.60.